The number of aromatic nitrogens is 2. The van der Waals surface area contributed by atoms with E-state index in [2.05, 4.69) is 32.3 Å². The molecule has 7 rings (SSSR count). The third kappa shape index (κ3) is 5.24. The molecule has 2 aromatic carbocycles. The fraction of sp³-hybridized carbons (Fsp3) is 0.387. The largest absolute Gasteiger partial charge is 0.508 e. The van der Waals surface area contributed by atoms with E-state index in [1.807, 2.05) is 0 Å². The number of hydrogen-bond donors (Lipinski definition) is 2. The lowest BCUT2D eigenvalue weighted by atomic mass is 9.98. The van der Waals surface area contributed by atoms with Gasteiger partial charge in [0.15, 0.2) is 0 Å². The quantitative estimate of drug-likeness (QED) is 0.297. The number of aromatic hydroxyl groups is 1. The molecule has 2 aliphatic heterocycles. The first-order chi connectivity index (χ1) is 19.8. The van der Waals surface area contributed by atoms with Crippen molar-refractivity contribution in [2.45, 2.75) is 57.3 Å². The Morgan fingerprint density at radius 3 is 2.73 bits per heavy atom. The van der Waals surface area contributed by atoms with Crippen molar-refractivity contribution in [1.82, 2.24) is 14.9 Å². The maximum atomic E-state index is 14.8. The Hall–Kier alpha value is -4.05. The third-order valence-corrected chi connectivity index (χ3v) is 8.13. The monoisotopic (exact) mass is 562 g/mol. The average molecular weight is 563 g/mol. The van der Waals surface area contributed by atoms with E-state index in [1.165, 1.54) is 38.2 Å². The first-order valence-electron chi connectivity index (χ1n) is 13.9. The molecule has 2 N–H and O–H groups in total. The summed E-state index contributed by atoms with van der Waals surface area (Å²) in [5.41, 5.74) is 0.443. The summed E-state index contributed by atoms with van der Waals surface area (Å²) in [5, 5.41) is 14.4. The maximum Gasteiger partial charge on any atom is 0.349 e. The summed E-state index contributed by atoms with van der Waals surface area (Å²) in [6.45, 7) is 3.58. The molecule has 1 aliphatic carbocycles. The predicted octanol–water partition coefficient (Wildman–Crippen LogP) is 5.89. The number of nitrogens with one attached hydrogen (secondary N) is 1. The number of nitrogens with zero attached hydrogens (tertiary/aromatic N) is 3. The molecule has 2 atom stereocenters. The van der Waals surface area contributed by atoms with Crippen molar-refractivity contribution in [2.75, 3.05) is 25.5 Å². The number of rotatable bonds is 4. The van der Waals surface area contributed by atoms with E-state index in [0.717, 1.165) is 25.8 Å². The lowest BCUT2D eigenvalue weighted by Gasteiger charge is -2.16. The second-order valence-electron chi connectivity index (χ2n) is 10.9. The maximum absolute atomic E-state index is 14.8. The summed E-state index contributed by atoms with van der Waals surface area (Å²) in [4.78, 5) is 24.1. The van der Waals surface area contributed by atoms with E-state index in [9.17, 15) is 18.7 Å². The number of aryl methyl sites for hydroxylation is 1. The van der Waals surface area contributed by atoms with Crippen molar-refractivity contribution < 1.29 is 23.0 Å². The highest BCUT2D eigenvalue weighted by molar-refractivity contribution is 6.00. The standard InChI is InChI=1S/C24H20FN3O4.C7H12FN/c1-12-20-19(22(28-24(27-20)31-2)26-14-7-3-4-8-14)23(30)32-21(12)16-11-15(29)10-13-6-5-9-17(25)18(13)16;8-6-4-7-2-1-3-9(7)5-6/h3-6,9-11,14,29H,7-8H2,1-2H3,(H,26,27,28);6-7H,1-5H2. The van der Waals surface area contributed by atoms with E-state index >= 15 is 0 Å². The van der Waals surface area contributed by atoms with Crippen molar-refractivity contribution in [3.8, 4) is 23.1 Å². The smallest absolute Gasteiger partial charge is 0.349 e. The Bertz CT molecular complexity index is 1690. The molecule has 0 saturated carbocycles. The highest BCUT2D eigenvalue weighted by Gasteiger charge is 2.34. The minimum atomic E-state index is -0.662. The lowest BCUT2D eigenvalue weighted by Crippen LogP contribution is -2.22. The number of ether oxygens (including phenoxy) is 1. The van der Waals surface area contributed by atoms with Crippen LogP contribution in [0.1, 0.15) is 37.7 Å². The normalized spacial score (nSPS) is 20.4. The molecule has 3 aliphatic rings. The number of alkyl halides is 1. The van der Waals surface area contributed by atoms with Gasteiger partial charge in [0.1, 0.15) is 34.7 Å². The molecular formula is C31H32F2N4O4. The minimum Gasteiger partial charge on any atom is -0.508 e. The van der Waals surface area contributed by atoms with E-state index in [4.69, 9.17) is 9.15 Å². The van der Waals surface area contributed by atoms with Crippen LogP contribution in [-0.4, -0.2) is 58.4 Å². The number of halogens is 2. The van der Waals surface area contributed by atoms with Gasteiger partial charge in [0, 0.05) is 35.1 Å². The van der Waals surface area contributed by atoms with Crippen LogP contribution in [0.2, 0.25) is 0 Å². The number of methoxy groups -OCH3 is 1. The fourth-order valence-corrected chi connectivity index (χ4v) is 6.19. The summed E-state index contributed by atoms with van der Waals surface area (Å²) in [6, 6.07) is 8.19. The van der Waals surface area contributed by atoms with Crippen molar-refractivity contribution in [1.29, 1.82) is 0 Å². The van der Waals surface area contributed by atoms with Crippen LogP contribution in [0.15, 0.2) is 51.7 Å². The number of hydrogen-bond acceptors (Lipinski definition) is 8. The van der Waals surface area contributed by atoms with Crippen LogP contribution in [0.3, 0.4) is 0 Å². The van der Waals surface area contributed by atoms with E-state index in [-0.39, 0.29) is 39.9 Å². The Morgan fingerprint density at radius 1 is 1.17 bits per heavy atom. The van der Waals surface area contributed by atoms with Gasteiger partial charge in [0.2, 0.25) is 0 Å². The van der Waals surface area contributed by atoms with Crippen LogP contribution >= 0.6 is 0 Å². The Morgan fingerprint density at radius 2 is 1.98 bits per heavy atom. The van der Waals surface area contributed by atoms with Gasteiger partial charge in [-0.05, 0) is 69.2 Å². The molecule has 214 valence electrons. The Balaban J connectivity index is 0.000000283. The molecule has 10 heteroatoms. The van der Waals surface area contributed by atoms with Crippen molar-refractivity contribution in [3.05, 3.63) is 64.3 Å². The predicted molar refractivity (Wildman–Crippen MR) is 154 cm³/mol. The van der Waals surface area contributed by atoms with Gasteiger partial charge in [0.05, 0.1) is 12.6 Å². The van der Waals surface area contributed by atoms with Crippen LogP contribution in [-0.2, 0) is 0 Å². The van der Waals surface area contributed by atoms with Crippen molar-refractivity contribution in [3.63, 3.8) is 0 Å². The highest BCUT2D eigenvalue weighted by atomic mass is 19.1. The molecule has 41 heavy (non-hydrogen) atoms. The number of benzene rings is 2. The number of anilines is 1. The van der Waals surface area contributed by atoms with Crippen LogP contribution in [0, 0.1) is 12.7 Å². The Labute approximate surface area is 235 Å². The summed E-state index contributed by atoms with van der Waals surface area (Å²) in [5.74, 6) is -0.105. The topological polar surface area (TPSA) is 101 Å². The molecule has 2 fully saturated rings. The van der Waals surface area contributed by atoms with Gasteiger partial charge in [-0.3, -0.25) is 4.90 Å². The summed E-state index contributed by atoms with van der Waals surface area (Å²) in [6.07, 6.45) is 8.56. The zero-order valence-electron chi connectivity index (χ0n) is 23.0. The van der Waals surface area contributed by atoms with Gasteiger partial charge in [-0.25, -0.2) is 13.6 Å². The second kappa shape index (κ2) is 11.1. The van der Waals surface area contributed by atoms with E-state index in [1.54, 1.807) is 19.1 Å². The van der Waals surface area contributed by atoms with Gasteiger partial charge < -0.3 is 19.6 Å². The molecule has 4 aromatic rings. The molecule has 0 bridgehead atoms. The summed E-state index contributed by atoms with van der Waals surface area (Å²) < 4.78 is 38.3. The van der Waals surface area contributed by atoms with Gasteiger partial charge in [-0.2, -0.15) is 9.97 Å². The zero-order valence-corrected chi connectivity index (χ0v) is 23.0. The number of phenols is 1. The van der Waals surface area contributed by atoms with Gasteiger partial charge in [0.25, 0.3) is 0 Å². The van der Waals surface area contributed by atoms with Crippen LogP contribution < -0.4 is 15.7 Å². The lowest BCUT2D eigenvalue weighted by molar-refractivity contribution is 0.292. The first kappa shape index (κ1) is 27.1. The van der Waals surface area contributed by atoms with Crippen LogP contribution in [0.4, 0.5) is 14.6 Å². The van der Waals surface area contributed by atoms with Gasteiger partial charge in [-0.15, -0.1) is 0 Å². The third-order valence-electron chi connectivity index (χ3n) is 8.13. The van der Waals surface area contributed by atoms with E-state index in [0.29, 0.717) is 34.9 Å². The Kier molecular flexibility index (Phi) is 7.33. The zero-order chi connectivity index (χ0) is 28.7. The molecular weight excluding hydrogens is 530 g/mol. The molecule has 2 aromatic heterocycles. The second-order valence-corrected chi connectivity index (χ2v) is 10.9. The van der Waals surface area contributed by atoms with Crippen molar-refractivity contribution >= 4 is 27.5 Å². The SMILES string of the molecule is COc1nc(NC2CC=CC2)c2c(=O)oc(-c3cc(O)cc4cccc(F)c34)c(C)c2n1.FC1CC2CCCN2C1. The van der Waals surface area contributed by atoms with Crippen LogP contribution in [0.5, 0.6) is 11.8 Å². The van der Waals surface area contributed by atoms with E-state index < -0.39 is 17.6 Å². The van der Waals surface area contributed by atoms with Crippen LogP contribution in [0.25, 0.3) is 33.0 Å². The summed E-state index contributed by atoms with van der Waals surface area (Å²) in [7, 11) is 1.45. The van der Waals surface area contributed by atoms with Crippen molar-refractivity contribution in [2.24, 2.45) is 0 Å². The summed E-state index contributed by atoms with van der Waals surface area (Å²) >= 11 is 0. The average Bonchev–Trinajstić information content (AvgIpc) is 3.69. The first-order valence-corrected chi connectivity index (χ1v) is 13.9. The number of phenolic OH excluding ortho intramolecular Hbond substituents is 1. The molecule has 2 unspecified atom stereocenters. The molecule has 8 nitrogen and oxygen atoms in total. The number of fused-ring (bicyclic) bond motifs is 3. The fourth-order valence-electron chi connectivity index (χ4n) is 6.19. The molecule has 2 saturated heterocycles. The molecule has 0 amide bonds. The highest BCUT2D eigenvalue weighted by Crippen LogP contribution is 2.38. The minimum absolute atomic E-state index is 0.0726. The molecule has 0 spiro atoms. The molecule has 0 radical (unpaired) electrons. The van der Waals surface area contributed by atoms with Gasteiger partial charge >= 0.3 is 11.6 Å². The molecule has 4 heterocycles. The van der Waals surface area contributed by atoms with Gasteiger partial charge in [-0.1, -0.05) is 24.3 Å².